The van der Waals surface area contributed by atoms with Crippen molar-refractivity contribution in [2.45, 2.75) is 6.92 Å². The highest BCUT2D eigenvalue weighted by molar-refractivity contribution is 5.88. The summed E-state index contributed by atoms with van der Waals surface area (Å²) in [5, 5.41) is 8.88. The number of rotatable bonds is 4. The number of carbonyl (C=O) groups is 1. The smallest absolute Gasteiger partial charge is 0.335 e. The van der Waals surface area contributed by atoms with E-state index in [-0.39, 0.29) is 5.56 Å². The van der Waals surface area contributed by atoms with Gasteiger partial charge in [0.1, 0.15) is 0 Å². The quantitative estimate of drug-likeness (QED) is 0.733. The molecule has 23 heavy (non-hydrogen) atoms. The zero-order valence-corrected chi connectivity index (χ0v) is 12.7. The van der Waals surface area contributed by atoms with E-state index < -0.39 is 5.97 Å². The molecule has 1 heterocycles. The highest BCUT2D eigenvalue weighted by Gasteiger charge is 2.03. The minimum atomic E-state index is -0.934. The molecule has 3 rings (SSSR count). The minimum Gasteiger partial charge on any atom is -0.478 e. The van der Waals surface area contributed by atoms with Crippen LogP contribution in [0.1, 0.15) is 21.6 Å². The molecular formula is C19H16N2O2. The van der Waals surface area contributed by atoms with Crippen LogP contribution in [0.3, 0.4) is 0 Å². The third kappa shape index (κ3) is 3.37. The lowest BCUT2D eigenvalue weighted by Gasteiger charge is -2.04. The number of aryl methyl sites for hydroxylation is 1. The van der Waals surface area contributed by atoms with Crippen molar-refractivity contribution < 1.29 is 9.90 Å². The number of nitrogens with zero attached hydrogens (tertiary/aromatic N) is 2. The molecule has 0 amide bonds. The minimum absolute atomic E-state index is 0.259. The third-order valence-corrected chi connectivity index (χ3v) is 3.55. The number of carboxylic acid groups (broad SMARTS) is 1. The molecule has 3 aromatic rings. The van der Waals surface area contributed by atoms with E-state index in [4.69, 9.17) is 5.11 Å². The Kier molecular flexibility index (Phi) is 4.06. The van der Waals surface area contributed by atoms with Gasteiger partial charge in [-0.1, -0.05) is 18.2 Å². The highest BCUT2D eigenvalue weighted by Crippen LogP contribution is 2.16. The van der Waals surface area contributed by atoms with Gasteiger partial charge >= 0.3 is 5.97 Å². The summed E-state index contributed by atoms with van der Waals surface area (Å²) in [5.74, 6) is -0.934. The Hall–Kier alpha value is -3.14. The number of benzene rings is 2. The summed E-state index contributed by atoms with van der Waals surface area (Å²) in [4.78, 5) is 15.2. The largest absolute Gasteiger partial charge is 0.478 e. The Balaban J connectivity index is 1.82. The van der Waals surface area contributed by atoms with Crippen LogP contribution in [0.4, 0.5) is 5.69 Å². The zero-order chi connectivity index (χ0) is 16.2. The van der Waals surface area contributed by atoms with Crippen molar-refractivity contribution in [3.8, 4) is 5.69 Å². The van der Waals surface area contributed by atoms with Crippen LogP contribution in [0.5, 0.6) is 0 Å². The van der Waals surface area contributed by atoms with Crippen molar-refractivity contribution in [1.29, 1.82) is 0 Å². The van der Waals surface area contributed by atoms with E-state index in [0.29, 0.717) is 0 Å². The third-order valence-electron chi connectivity index (χ3n) is 3.55. The Morgan fingerprint density at radius 1 is 1.09 bits per heavy atom. The van der Waals surface area contributed by atoms with Gasteiger partial charge in [-0.05, 0) is 49.4 Å². The monoisotopic (exact) mass is 304 g/mol. The summed E-state index contributed by atoms with van der Waals surface area (Å²) in [6.45, 7) is 2.05. The van der Waals surface area contributed by atoms with Crippen LogP contribution >= 0.6 is 0 Å². The molecule has 0 atom stereocenters. The summed E-state index contributed by atoms with van der Waals surface area (Å²) in [6.07, 6.45) is 3.81. The summed E-state index contributed by atoms with van der Waals surface area (Å²) in [5.41, 5.74) is 4.21. The molecule has 0 saturated carbocycles. The van der Waals surface area contributed by atoms with E-state index in [2.05, 4.69) is 27.8 Å². The highest BCUT2D eigenvalue weighted by atomic mass is 16.4. The maximum absolute atomic E-state index is 10.8. The van der Waals surface area contributed by atoms with Crippen molar-refractivity contribution in [3.05, 3.63) is 83.7 Å². The Morgan fingerprint density at radius 2 is 1.78 bits per heavy atom. The van der Waals surface area contributed by atoms with Gasteiger partial charge in [-0.15, -0.1) is 0 Å². The normalized spacial score (nSPS) is 11.0. The average molecular weight is 304 g/mol. The molecule has 4 nitrogen and oxygen atoms in total. The van der Waals surface area contributed by atoms with E-state index >= 15 is 0 Å². The van der Waals surface area contributed by atoms with E-state index in [1.807, 2.05) is 31.3 Å². The molecular weight excluding hydrogens is 288 g/mol. The lowest BCUT2D eigenvalue weighted by molar-refractivity contribution is 0.0697. The summed E-state index contributed by atoms with van der Waals surface area (Å²) < 4.78 is 2.11. The summed E-state index contributed by atoms with van der Waals surface area (Å²) in [7, 11) is 0. The van der Waals surface area contributed by atoms with Gasteiger partial charge in [-0.3, -0.25) is 4.99 Å². The molecule has 0 aliphatic carbocycles. The Labute approximate surface area is 134 Å². The van der Waals surface area contributed by atoms with Gasteiger partial charge < -0.3 is 9.67 Å². The number of carboxylic acids is 1. The SMILES string of the molecule is Cc1cc(C=Nc2ccc(C(=O)O)cc2)cn1-c1ccccc1. The van der Waals surface area contributed by atoms with Crippen LogP contribution in [0.15, 0.2) is 71.9 Å². The van der Waals surface area contributed by atoms with Crippen molar-refractivity contribution in [3.63, 3.8) is 0 Å². The molecule has 114 valence electrons. The lowest BCUT2D eigenvalue weighted by Crippen LogP contribution is -1.94. The van der Waals surface area contributed by atoms with Gasteiger partial charge in [0.25, 0.3) is 0 Å². The summed E-state index contributed by atoms with van der Waals surface area (Å²) in [6, 6.07) is 18.7. The van der Waals surface area contributed by atoms with Crippen molar-refractivity contribution in [2.24, 2.45) is 4.99 Å². The zero-order valence-electron chi connectivity index (χ0n) is 12.7. The summed E-state index contributed by atoms with van der Waals surface area (Å²) >= 11 is 0. The van der Waals surface area contributed by atoms with Crippen molar-refractivity contribution >= 4 is 17.9 Å². The van der Waals surface area contributed by atoms with Crippen LogP contribution in [-0.4, -0.2) is 21.9 Å². The molecule has 0 saturated heterocycles. The second-order valence-electron chi connectivity index (χ2n) is 5.23. The maximum atomic E-state index is 10.8. The van der Waals surface area contributed by atoms with Gasteiger partial charge in [-0.25, -0.2) is 4.79 Å². The topological polar surface area (TPSA) is 54.6 Å². The first kappa shape index (κ1) is 14.8. The number of aromatic carboxylic acids is 1. The van der Waals surface area contributed by atoms with E-state index in [1.165, 1.54) is 0 Å². The molecule has 0 bridgehead atoms. The van der Waals surface area contributed by atoms with Crippen molar-refractivity contribution in [2.75, 3.05) is 0 Å². The predicted octanol–water partition coefficient (Wildman–Crippen LogP) is 4.23. The van der Waals surface area contributed by atoms with Gasteiger partial charge in [0.05, 0.1) is 11.3 Å². The standard InChI is InChI=1S/C19H16N2O2/c1-14-11-15(13-21(14)18-5-3-2-4-6-18)12-20-17-9-7-16(8-10-17)19(22)23/h2-13H,1H3,(H,22,23). The predicted molar refractivity (Wildman–Crippen MR) is 91.2 cm³/mol. The van der Waals surface area contributed by atoms with Crippen LogP contribution in [0, 0.1) is 6.92 Å². The van der Waals surface area contributed by atoms with Crippen molar-refractivity contribution in [1.82, 2.24) is 4.57 Å². The second-order valence-corrected chi connectivity index (χ2v) is 5.23. The van der Waals surface area contributed by atoms with Crippen LogP contribution in [0.25, 0.3) is 5.69 Å². The molecule has 0 spiro atoms. The molecule has 0 aliphatic heterocycles. The van der Waals surface area contributed by atoms with E-state index in [0.717, 1.165) is 22.6 Å². The fraction of sp³-hybridized carbons (Fsp3) is 0.0526. The average Bonchev–Trinajstić information content (AvgIpc) is 2.95. The fourth-order valence-corrected chi connectivity index (χ4v) is 2.38. The first-order valence-electron chi connectivity index (χ1n) is 7.25. The van der Waals surface area contributed by atoms with Gasteiger partial charge in [0.15, 0.2) is 0 Å². The van der Waals surface area contributed by atoms with Gasteiger partial charge in [0, 0.05) is 29.4 Å². The number of para-hydroxylation sites is 1. The van der Waals surface area contributed by atoms with Crippen LogP contribution in [0.2, 0.25) is 0 Å². The Bertz CT molecular complexity index is 847. The first-order chi connectivity index (χ1) is 11.1. The number of aliphatic imine (C=N–C) groups is 1. The van der Waals surface area contributed by atoms with E-state index in [1.54, 1.807) is 30.5 Å². The van der Waals surface area contributed by atoms with Crippen LogP contribution < -0.4 is 0 Å². The fourth-order valence-electron chi connectivity index (χ4n) is 2.38. The van der Waals surface area contributed by atoms with Gasteiger partial charge in [0.2, 0.25) is 0 Å². The molecule has 0 radical (unpaired) electrons. The first-order valence-corrected chi connectivity index (χ1v) is 7.25. The number of hydrogen-bond donors (Lipinski definition) is 1. The second kappa shape index (κ2) is 6.32. The molecule has 1 N–H and O–H groups in total. The molecule has 0 unspecified atom stereocenters. The number of hydrogen-bond acceptors (Lipinski definition) is 2. The molecule has 1 aromatic heterocycles. The molecule has 4 heteroatoms. The van der Waals surface area contributed by atoms with E-state index in [9.17, 15) is 4.79 Å². The molecule has 0 aliphatic rings. The molecule has 2 aromatic carbocycles. The Morgan fingerprint density at radius 3 is 2.43 bits per heavy atom. The van der Waals surface area contributed by atoms with Crippen LogP contribution in [-0.2, 0) is 0 Å². The maximum Gasteiger partial charge on any atom is 0.335 e. The lowest BCUT2D eigenvalue weighted by atomic mass is 10.2. The molecule has 0 fully saturated rings. The number of aromatic nitrogens is 1. The van der Waals surface area contributed by atoms with Gasteiger partial charge in [-0.2, -0.15) is 0 Å².